The van der Waals surface area contributed by atoms with Gasteiger partial charge in [0.15, 0.2) is 11.6 Å². The molecule has 5 heteroatoms. The number of rotatable bonds is 4. The molecule has 0 spiro atoms. The molecular formula is C57H61N3O2. The van der Waals surface area contributed by atoms with Gasteiger partial charge in [0.25, 0.3) is 0 Å². The summed E-state index contributed by atoms with van der Waals surface area (Å²) < 4.78 is 13.9. The molecule has 62 heavy (non-hydrogen) atoms. The van der Waals surface area contributed by atoms with Crippen LogP contribution in [0.15, 0.2) is 101 Å². The van der Waals surface area contributed by atoms with Gasteiger partial charge in [0.1, 0.15) is 17.0 Å². The standard InChI is InChI=1S/C57H61N3O2/c1-3-12-32(13-4-1)35-25-28-45-44(30-35)52-41(21-11-23-47(52)61-45)56-58-55(34-15-5-2-6-16-34)59-57(60-56)42-27-29-48-54-49-36(17-9-22-46(49)62-48)31-43-38-26-24-33-14-7-8-18-37(33)50(38)39-19-10-20-40(51(39)43)53(42)54/h1-6,11-13,15-16,21,23,25,28,30,33,36-40,42-43,46,48-51,53-54H,7-10,14,17-20,22,24,26-27,29,31H2. The number of hydrogen-bond acceptors (Lipinski definition) is 5. The number of fused-ring (bicyclic) bond motifs is 9. The first kappa shape index (κ1) is 37.1. The highest BCUT2D eigenvalue weighted by atomic mass is 16.5. The maximum Gasteiger partial charge on any atom is 0.164 e. The fraction of sp³-hybridized carbons (Fsp3) is 0.526. The molecule has 14 rings (SSSR count). The fourth-order valence-corrected chi connectivity index (χ4v) is 17.4. The summed E-state index contributed by atoms with van der Waals surface area (Å²) in [6.45, 7) is 0. The van der Waals surface area contributed by atoms with Gasteiger partial charge in [0, 0.05) is 27.8 Å². The lowest BCUT2D eigenvalue weighted by Crippen LogP contribution is -2.50. The van der Waals surface area contributed by atoms with Crippen LogP contribution in [0.2, 0.25) is 0 Å². The molecule has 0 N–H and O–H groups in total. The zero-order valence-electron chi connectivity index (χ0n) is 36.2. The van der Waals surface area contributed by atoms with Crippen LogP contribution < -0.4 is 0 Å². The van der Waals surface area contributed by atoms with E-state index in [1.54, 1.807) is 0 Å². The van der Waals surface area contributed by atoms with Crippen LogP contribution in [0, 0.1) is 71.0 Å². The number of furan rings is 1. The van der Waals surface area contributed by atoms with Crippen LogP contribution in [0.3, 0.4) is 0 Å². The van der Waals surface area contributed by atoms with E-state index >= 15 is 0 Å². The SMILES string of the molecule is c1ccc(-c2ccc3oc4cccc(-c5nc(-c6ccccc6)nc(C6CCC7OC8CCCC9CC%10C%11CCC%12CCCCC%12C%11C%11CCCC(C%10%11)C6C7C98)n5)c4c3c2)cc1. The quantitative estimate of drug-likeness (QED) is 0.177. The Morgan fingerprint density at radius 3 is 2.06 bits per heavy atom. The van der Waals surface area contributed by atoms with Crippen molar-refractivity contribution in [3.05, 3.63) is 103 Å². The molecule has 316 valence electrons. The van der Waals surface area contributed by atoms with Crippen molar-refractivity contribution in [3.63, 3.8) is 0 Å². The summed E-state index contributed by atoms with van der Waals surface area (Å²) in [5, 5.41) is 2.20. The van der Waals surface area contributed by atoms with Crippen LogP contribution in [-0.4, -0.2) is 27.2 Å². The average Bonchev–Trinajstić information content (AvgIpc) is 4.01. The van der Waals surface area contributed by atoms with Crippen LogP contribution >= 0.6 is 0 Å². The Labute approximate surface area is 366 Å². The van der Waals surface area contributed by atoms with E-state index in [1.807, 2.05) is 0 Å². The molecule has 0 radical (unpaired) electrons. The fourth-order valence-electron chi connectivity index (χ4n) is 17.4. The number of nitrogens with zero attached hydrogens (tertiary/aromatic N) is 3. The van der Waals surface area contributed by atoms with Gasteiger partial charge in [0.05, 0.1) is 12.2 Å². The van der Waals surface area contributed by atoms with Crippen molar-refractivity contribution < 1.29 is 9.15 Å². The second kappa shape index (κ2) is 14.6. The summed E-state index contributed by atoms with van der Waals surface area (Å²) in [5.41, 5.74) is 6.27. The van der Waals surface area contributed by atoms with Gasteiger partial charge in [-0.1, -0.05) is 111 Å². The maximum absolute atomic E-state index is 7.33. The van der Waals surface area contributed by atoms with Crippen LogP contribution in [0.1, 0.15) is 108 Å². The van der Waals surface area contributed by atoms with Crippen molar-refractivity contribution in [1.82, 2.24) is 15.0 Å². The van der Waals surface area contributed by atoms with Gasteiger partial charge in [-0.2, -0.15) is 0 Å². The normalized spacial score (nSPS) is 38.1. The van der Waals surface area contributed by atoms with Gasteiger partial charge in [-0.25, -0.2) is 15.0 Å². The molecule has 7 aliphatic carbocycles. The molecular weight excluding hydrogens is 759 g/mol. The minimum Gasteiger partial charge on any atom is -0.456 e. The number of benzene rings is 4. The summed E-state index contributed by atoms with van der Waals surface area (Å²) in [6, 6.07) is 34.5. The molecule has 5 nitrogen and oxygen atoms in total. The molecule has 4 aromatic carbocycles. The first-order valence-electron chi connectivity index (χ1n) is 25.2. The third-order valence-corrected chi connectivity index (χ3v) is 19.3. The predicted octanol–water partition coefficient (Wildman–Crippen LogP) is 14.0. The summed E-state index contributed by atoms with van der Waals surface area (Å²) in [7, 11) is 0. The molecule has 2 aromatic heterocycles. The Balaban J connectivity index is 0.938. The molecule has 1 saturated heterocycles. The number of hydrogen-bond donors (Lipinski definition) is 0. The molecule has 0 amide bonds. The highest BCUT2D eigenvalue weighted by molar-refractivity contribution is 6.12. The van der Waals surface area contributed by atoms with Gasteiger partial charge < -0.3 is 9.15 Å². The van der Waals surface area contributed by atoms with E-state index in [0.717, 1.165) is 117 Å². The minimum atomic E-state index is 0.308. The van der Waals surface area contributed by atoms with Crippen LogP contribution in [0.4, 0.5) is 0 Å². The van der Waals surface area contributed by atoms with E-state index in [-0.39, 0.29) is 0 Å². The third-order valence-electron chi connectivity index (χ3n) is 19.3. The van der Waals surface area contributed by atoms with Crippen LogP contribution in [-0.2, 0) is 4.74 Å². The first-order chi connectivity index (χ1) is 30.7. The summed E-state index contributed by atoms with van der Waals surface area (Å²) in [4.78, 5) is 16.9. The lowest BCUT2D eigenvalue weighted by molar-refractivity contribution is -0.0493. The van der Waals surface area contributed by atoms with Crippen molar-refractivity contribution >= 4 is 21.9 Å². The molecule has 15 unspecified atom stereocenters. The van der Waals surface area contributed by atoms with E-state index in [9.17, 15) is 0 Å². The van der Waals surface area contributed by atoms with Crippen molar-refractivity contribution in [2.75, 3.05) is 0 Å². The third kappa shape index (κ3) is 5.64. The highest BCUT2D eigenvalue weighted by Gasteiger charge is 2.65. The number of aromatic nitrogens is 3. The molecule has 15 atom stereocenters. The maximum atomic E-state index is 7.33. The predicted molar refractivity (Wildman–Crippen MR) is 246 cm³/mol. The Hall–Kier alpha value is -4.35. The van der Waals surface area contributed by atoms with Crippen molar-refractivity contribution in [2.45, 2.75) is 114 Å². The zero-order chi connectivity index (χ0) is 40.5. The summed E-state index contributed by atoms with van der Waals surface area (Å²) >= 11 is 0. The first-order valence-corrected chi connectivity index (χ1v) is 25.2. The molecule has 8 aliphatic rings. The van der Waals surface area contributed by atoms with Gasteiger partial charge in [-0.05, 0) is 165 Å². The Morgan fingerprint density at radius 1 is 0.435 bits per heavy atom. The lowest BCUT2D eigenvalue weighted by atomic mass is 9.49. The van der Waals surface area contributed by atoms with Gasteiger partial charge in [-0.15, -0.1) is 0 Å². The Morgan fingerprint density at radius 2 is 1.18 bits per heavy atom. The number of ether oxygens (including phenoxy) is 1. The largest absolute Gasteiger partial charge is 0.456 e. The monoisotopic (exact) mass is 819 g/mol. The Bertz CT molecular complexity index is 2640. The molecule has 0 bridgehead atoms. The van der Waals surface area contributed by atoms with E-state index in [4.69, 9.17) is 24.1 Å². The van der Waals surface area contributed by atoms with Crippen LogP contribution in [0.5, 0.6) is 0 Å². The molecule has 8 fully saturated rings. The lowest BCUT2D eigenvalue weighted by Gasteiger charge is -2.54. The van der Waals surface area contributed by atoms with E-state index < -0.39 is 0 Å². The van der Waals surface area contributed by atoms with Gasteiger partial charge in [0.2, 0.25) is 0 Å². The highest BCUT2D eigenvalue weighted by Crippen LogP contribution is 2.70. The van der Waals surface area contributed by atoms with Gasteiger partial charge >= 0.3 is 0 Å². The van der Waals surface area contributed by atoms with E-state index in [2.05, 4.69) is 97.1 Å². The van der Waals surface area contributed by atoms with Gasteiger partial charge in [-0.3, -0.25) is 0 Å². The van der Waals surface area contributed by atoms with Crippen molar-refractivity contribution in [2.24, 2.45) is 71.0 Å². The average molecular weight is 820 g/mol. The summed E-state index contributed by atoms with van der Waals surface area (Å²) in [6.07, 6.45) is 22.0. The Kier molecular flexibility index (Phi) is 8.72. The second-order valence-corrected chi connectivity index (χ2v) is 21.6. The van der Waals surface area contributed by atoms with E-state index in [1.165, 1.54) is 94.6 Å². The van der Waals surface area contributed by atoms with E-state index in [0.29, 0.717) is 35.9 Å². The zero-order valence-corrected chi connectivity index (χ0v) is 36.2. The molecule has 3 heterocycles. The smallest absolute Gasteiger partial charge is 0.164 e. The molecule has 1 aliphatic heterocycles. The molecule has 7 saturated carbocycles. The molecule has 6 aromatic rings. The topological polar surface area (TPSA) is 61.0 Å². The van der Waals surface area contributed by atoms with Crippen molar-refractivity contribution in [1.29, 1.82) is 0 Å². The van der Waals surface area contributed by atoms with Crippen molar-refractivity contribution in [3.8, 4) is 33.9 Å². The van der Waals surface area contributed by atoms with Crippen LogP contribution in [0.25, 0.3) is 55.8 Å². The summed E-state index contributed by atoms with van der Waals surface area (Å²) in [5.74, 6) is 13.1. The minimum absolute atomic E-state index is 0.308. The second-order valence-electron chi connectivity index (χ2n) is 21.6.